The number of amides is 1. The van der Waals surface area contributed by atoms with E-state index in [4.69, 9.17) is 4.42 Å². The van der Waals surface area contributed by atoms with Crippen molar-refractivity contribution >= 4 is 22.4 Å². The number of fused-ring (bicyclic) bond motifs is 1. The van der Waals surface area contributed by atoms with Gasteiger partial charge in [0.15, 0.2) is 10.9 Å². The van der Waals surface area contributed by atoms with Crippen molar-refractivity contribution in [2.24, 2.45) is 0 Å². The number of anilines is 1. The Kier molecular flexibility index (Phi) is 2.68. The van der Waals surface area contributed by atoms with Gasteiger partial charge in [0.1, 0.15) is 0 Å². The van der Waals surface area contributed by atoms with Crippen molar-refractivity contribution in [3.05, 3.63) is 34.7 Å². The molecule has 0 bridgehead atoms. The highest BCUT2D eigenvalue weighted by Crippen LogP contribution is 2.29. The Hall–Kier alpha value is -1.62. The molecule has 0 unspecified atom stereocenters. The number of nitrogens with one attached hydrogen (secondary N) is 1. The number of hydrogen-bond donors (Lipinski definition) is 1. The van der Waals surface area contributed by atoms with E-state index in [-0.39, 0.29) is 5.91 Å². The largest absolute Gasteiger partial charge is 0.459 e. The van der Waals surface area contributed by atoms with E-state index < -0.39 is 0 Å². The van der Waals surface area contributed by atoms with Crippen LogP contribution in [-0.4, -0.2) is 10.9 Å². The van der Waals surface area contributed by atoms with Crippen LogP contribution in [0.3, 0.4) is 0 Å². The molecule has 3 rings (SSSR count). The Bertz CT molecular complexity index is 507. The van der Waals surface area contributed by atoms with Gasteiger partial charge in [-0.25, -0.2) is 4.98 Å². The summed E-state index contributed by atoms with van der Waals surface area (Å²) >= 11 is 1.58. The van der Waals surface area contributed by atoms with E-state index in [1.165, 1.54) is 24.0 Å². The minimum absolute atomic E-state index is 0.235. The van der Waals surface area contributed by atoms with Gasteiger partial charge in [0.2, 0.25) is 0 Å². The minimum Gasteiger partial charge on any atom is -0.459 e. The third kappa shape index (κ3) is 2.10. The van der Waals surface area contributed by atoms with Crippen LogP contribution >= 0.6 is 11.3 Å². The number of rotatable bonds is 2. The van der Waals surface area contributed by atoms with E-state index in [9.17, 15) is 4.79 Å². The molecule has 0 aromatic carbocycles. The molecule has 2 aromatic rings. The van der Waals surface area contributed by atoms with Crippen LogP contribution in [0.1, 0.15) is 34.0 Å². The Labute approximate surface area is 103 Å². The highest BCUT2D eigenvalue weighted by atomic mass is 32.1. The zero-order valence-corrected chi connectivity index (χ0v) is 10.0. The van der Waals surface area contributed by atoms with Gasteiger partial charge in [0.05, 0.1) is 12.0 Å². The number of furan rings is 1. The van der Waals surface area contributed by atoms with Crippen molar-refractivity contribution in [1.82, 2.24) is 4.98 Å². The molecule has 0 spiro atoms. The summed E-state index contributed by atoms with van der Waals surface area (Å²) in [5, 5.41) is 3.46. The van der Waals surface area contributed by atoms with Gasteiger partial charge in [-0.2, -0.15) is 0 Å². The fourth-order valence-electron chi connectivity index (χ4n) is 1.97. The predicted octanol–water partition coefficient (Wildman–Crippen LogP) is 2.87. The molecule has 2 heterocycles. The average Bonchev–Trinajstić information content (AvgIpc) is 2.97. The van der Waals surface area contributed by atoms with Crippen molar-refractivity contribution < 1.29 is 9.21 Å². The molecule has 2 aromatic heterocycles. The van der Waals surface area contributed by atoms with E-state index in [1.807, 2.05) is 0 Å². The number of nitrogens with zero attached hydrogens (tertiary/aromatic N) is 1. The fraction of sp³-hybridized carbons (Fsp3) is 0.333. The summed E-state index contributed by atoms with van der Waals surface area (Å²) in [7, 11) is 0. The Morgan fingerprint density at radius 2 is 2.29 bits per heavy atom. The first-order valence-corrected chi connectivity index (χ1v) is 6.48. The molecule has 88 valence electrons. The standard InChI is InChI=1S/C12H12N2O2S/c15-11(9-5-3-7-16-9)14-12-13-8-4-1-2-6-10(8)17-12/h3,5,7H,1-2,4,6H2,(H,13,14,15). The zero-order valence-electron chi connectivity index (χ0n) is 9.23. The summed E-state index contributed by atoms with van der Waals surface area (Å²) < 4.78 is 5.03. The van der Waals surface area contributed by atoms with Crippen LogP contribution in [0.4, 0.5) is 5.13 Å². The summed E-state index contributed by atoms with van der Waals surface area (Å²) in [5.74, 6) is 0.0827. The second kappa shape index (κ2) is 4.33. The molecule has 5 heteroatoms. The molecule has 0 fully saturated rings. The maximum Gasteiger partial charge on any atom is 0.293 e. The van der Waals surface area contributed by atoms with E-state index in [0.717, 1.165) is 18.5 Å². The zero-order chi connectivity index (χ0) is 11.7. The van der Waals surface area contributed by atoms with Crippen molar-refractivity contribution in [2.75, 3.05) is 5.32 Å². The SMILES string of the molecule is O=C(Nc1nc2c(s1)CCCC2)c1ccco1. The van der Waals surface area contributed by atoms with E-state index in [0.29, 0.717) is 10.9 Å². The molecule has 1 amide bonds. The third-order valence-electron chi connectivity index (χ3n) is 2.81. The first-order chi connectivity index (χ1) is 8.33. The number of thiazole rings is 1. The van der Waals surface area contributed by atoms with Gasteiger partial charge in [0.25, 0.3) is 5.91 Å². The Morgan fingerprint density at radius 1 is 1.41 bits per heavy atom. The van der Waals surface area contributed by atoms with Gasteiger partial charge in [-0.15, -0.1) is 11.3 Å². The van der Waals surface area contributed by atoms with Crippen molar-refractivity contribution in [3.63, 3.8) is 0 Å². The van der Waals surface area contributed by atoms with Crippen molar-refractivity contribution in [2.45, 2.75) is 25.7 Å². The van der Waals surface area contributed by atoms with E-state index >= 15 is 0 Å². The second-order valence-electron chi connectivity index (χ2n) is 4.03. The van der Waals surface area contributed by atoms with Gasteiger partial charge in [-0.05, 0) is 37.8 Å². The number of carbonyl (C=O) groups is 1. The van der Waals surface area contributed by atoms with Crippen molar-refractivity contribution in [3.8, 4) is 0 Å². The number of aryl methyl sites for hydroxylation is 2. The molecule has 1 aliphatic rings. The Morgan fingerprint density at radius 3 is 3.06 bits per heavy atom. The smallest absolute Gasteiger partial charge is 0.293 e. The summed E-state index contributed by atoms with van der Waals surface area (Å²) in [4.78, 5) is 17.5. The maximum atomic E-state index is 11.7. The maximum absolute atomic E-state index is 11.7. The van der Waals surface area contributed by atoms with Crippen LogP contribution in [0, 0.1) is 0 Å². The average molecular weight is 248 g/mol. The van der Waals surface area contributed by atoms with Gasteiger partial charge < -0.3 is 4.42 Å². The number of carbonyl (C=O) groups excluding carboxylic acids is 1. The lowest BCUT2D eigenvalue weighted by atomic mass is 10.0. The van der Waals surface area contributed by atoms with E-state index in [2.05, 4.69) is 10.3 Å². The van der Waals surface area contributed by atoms with E-state index in [1.54, 1.807) is 23.5 Å². The number of aromatic nitrogens is 1. The molecule has 0 radical (unpaired) electrons. The Balaban J connectivity index is 1.77. The van der Waals surface area contributed by atoms with Crippen LogP contribution < -0.4 is 5.32 Å². The van der Waals surface area contributed by atoms with Gasteiger partial charge in [0, 0.05) is 4.88 Å². The lowest BCUT2D eigenvalue weighted by molar-refractivity contribution is 0.0996. The first kappa shape index (κ1) is 10.5. The molecule has 0 atom stereocenters. The molecular formula is C12H12N2O2S. The molecule has 17 heavy (non-hydrogen) atoms. The van der Waals surface area contributed by atoms with Crippen LogP contribution in [0.25, 0.3) is 0 Å². The summed E-state index contributed by atoms with van der Waals surface area (Å²) in [5.41, 5.74) is 1.15. The molecule has 0 saturated heterocycles. The molecule has 4 nitrogen and oxygen atoms in total. The quantitative estimate of drug-likeness (QED) is 0.889. The summed E-state index contributed by atoms with van der Waals surface area (Å²) in [6.45, 7) is 0. The topological polar surface area (TPSA) is 55.1 Å². The fourth-order valence-corrected chi connectivity index (χ4v) is 3.02. The normalized spacial score (nSPS) is 14.4. The second-order valence-corrected chi connectivity index (χ2v) is 5.11. The van der Waals surface area contributed by atoms with Crippen LogP contribution in [-0.2, 0) is 12.8 Å². The number of hydrogen-bond acceptors (Lipinski definition) is 4. The van der Waals surface area contributed by atoms with Crippen LogP contribution in [0.2, 0.25) is 0 Å². The molecule has 1 N–H and O–H groups in total. The highest BCUT2D eigenvalue weighted by molar-refractivity contribution is 7.15. The lowest BCUT2D eigenvalue weighted by Gasteiger charge is -2.06. The molecule has 0 aliphatic heterocycles. The lowest BCUT2D eigenvalue weighted by Crippen LogP contribution is -2.10. The van der Waals surface area contributed by atoms with Crippen LogP contribution in [0.15, 0.2) is 22.8 Å². The van der Waals surface area contributed by atoms with Gasteiger partial charge >= 0.3 is 0 Å². The molecular weight excluding hydrogens is 236 g/mol. The third-order valence-corrected chi connectivity index (χ3v) is 3.88. The van der Waals surface area contributed by atoms with Gasteiger partial charge in [-0.3, -0.25) is 10.1 Å². The molecule has 0 saturated carbocycles. The first-order valence-electron chi connectivity index (χ1n) is 5.66. The summed E-state index contributed by atoms with van der Waals surface area (Å²) in [6, 6.07) is 3.34. The minimum atomic E-state index is -0.235. The monoisotopic (exact) mass is 248 g/mol. The molecule has 1 aliphatic carbocycles. The van der Waals surface area contributed by atoms with Crippen LogP contribution in [0.5, 0.6) is 0 Å². The highest BCUT2D eigenvalue weighted by Gasteiger charge is 2.17. The van der Waals surface area contributed by atoms with Gasteiger partial charge in [-0.1, -0.05) is 0 Å². The summed E-state index contributed by atoms with van der Waals surface area (Å²) in [6.07, 6.45) is 6.02. The van der Waals surface area contributed by atoms with Crippen molar-refractivity contribution in [1.29, 1.82) is 0 Å². The predicted molar refractivity (Wildman–Crippen MR) is 65.4 cm³/mol.